The van der Waals surface area contributed by atoms with Gasteiger partial charge in [-0.1, -0.05) is 13.8 Å². The Bertz CT molecular complexity index is 312. The summed E-state index contributed by atoms with van der Waals surface area (Å²) in [5.74, 6) is -0.597. The van der Waals surface area contributed by atoms with Gasteiger partial charge >= 0.3 is 5.97 Å². The highest BCUT2D eigenvalue weighted by Gasteiger charge is 2.36. The fourth-order valence-electron chi connectivity index (χ4n) is 2.61. The van der Waals surface area contributed by atoms with Gasteiger partial charge in [-0.3, -0.25) is 9.59 Å². The lowest BCUT2D eigenvalue weighted by atomic mass is 10.0. The van der Waals surface area contributed by atoms with Crippen LogP contribution in [0.3, 0.4) is 0 Å². The zero-order chi connectivity index (χ0) is 13.9. The molecule has 1 saturated carbocycles. The maximum absolute atomic E-state index is 12.4. The van der Waals surface area contributed by atoms with Gasteiger partial charge in [0.05, 0.1) is 5.92 Å². The fraction of sp³-hybridized carbons (Fsp3) is 0.857. The van der Waals surface area contributed by atoms with Crippen LogP contribution < -0.4 is 0 Å². The molecule has 4 nitrogen and oxygen atoms in total. The van der Waals surface area contributed by atoms with Crippen LogP contribution in [-0.2, 0) is 9.59 Å². The summed E-state index contributed by atoms with van der Waals surface area (Å²) in [6, 6.07) is 0.184. The van der Waals surface area contributed by atoms with E-state index in [1.54, 1.807) is 0 Å². The van der Waals surface area contributed by atoms with Gasteiger partial charge in [-0.05, 0) is 39.0 Å². The SMILES string of the molecule is CC(C)CN(C(=O)C1CCC(C(=O)O)C1)C(C)C. The number of amides is 1. The molecule has 4 heteroatoms. The predicted octanol–water partition coefficient (Wildman–Crippen LogP) is 2.38. The average molecular weight is 255 g/mol. The molecule has 104 valence electrons. The van der Waals surface area contributed by atoms with E-state index in [0.717, 1.165) is 13.0 Å². The molecule has 0 heterocycles. The van der Waals surface area contributed by atoms with E-state index in [9.17, 15) is 9.59 Å². The van der Waals surface area contributed by atoms with Crippen LogP contribution in [0.15, 0.2) is 0 Å². The van der Waals surface area contributed by atoms with Gasteiger partial charge in [0, 0.05) is 18.5 Å². The summed E-state index contributed by atoms with van der Waals surface area (Å²) >= 11 is 0. The molecule has 0 aromatic heterocycles. The van der Waals surface area contributed by atoms with Gasteiger partial charge in [-0.25, -0.2) is 0 Å². The van der Waals surface area contributed by atoms with Crippen molar-refractivity contribution in [3.8, 4) is 0 Å². The Hall–Kier alpha value is -1.06. The minimum Gasteiger partial charge on any atom is -0.481 e. The van der Waals surface area contributed by atoms with Crippen LogP contribution in [0, 0.1) is 17.8 Å². The lowest BCUT2D eigenvalue weighted by molar-refractivity contribution is -0.142. The highest BCUT2D eigenvalue weighted by atomic mass is 16.4. The molecule has 0 radical (unpaired) electrons. The highest BCUT2D eigenvalue weighted by molar-refractivity contribution is 5.81. The first kappa shape index (κ1) is 15.0. The summed E-state index contributed by atoms with van der Waals surface area (Å²) in [6.07, 6.45) is 1.87. The Morgan fingerprint density at radius 2 is 1.72 bits per heavy atom. The van der Waals surface area contributed by atoms with Crippen LogP contribution in [0.1, 0.15) is 47.0 Å². The van der Waals surface area contributed by atoms with Crippen LogP contribution in [0.25, 0.3) is 0 Å². The summed E-state index contributed by atoms with van der Waals surface area (Å²) in [7, 11) is 0. The molecule has 0 saturated heterocycles. The smallest absolute Gasteiger partial charge is 0.306 e. The molecule has 0 bridgehead atoms. The molecule has 1 aliphatic rings. The summed E-state index contributed by atoms with van der Waals surface area (Å²) in [5.41, 5.74) is 0. The topological polar surface area (TPSA) is 57.6 Å². The number of nitrogens with zero attached hydrogens (tertiary/aromatic N) is 1. The van der Waals surface area contributed by atoms with E-state index in [-0.39, 0.29) is 23.8 Å². The van der Waals surface area contributed by atoms with Crippen molar-refractivity contribution in [1.82, 2.24) is 4.90 Å². The zero-order valence-corrected chi connectivity index (χ0v) is 11.8. The van der Waals surface area contributed by atoms with Crippen molar-refractivity contribution >= 4 is 11.9 Å². The van der Waals surface area contributed by atoms with Crippen molar-refractivity contribution in [3.63, 3.8) is 0 Å². The van der Waals surface area contributed by atoms with Gasteiger partial charge in [0.25, 0.3) is 0 Å². The number of carbonyl (C=O) groups excluding carboxylic acids is 1. The number of carboxylic acid groups (broad SMARTS) is 1. The van der Waals surface area contributed by atoms with Gasteiger partial charge in [0.15, 0.2) is 0 Å². The second-order valence-electron chi connectivity index (χ2n) is 6.02. The third-order valence-corrected chi connectivity index (χ3v) is 3.60. The Balaban J connectivity index is 2.64. The zero-order valence-electron chi connectivity index (χ0n) is 11.8. The Morgan fingerprint density at radius 1 is 1.17 bits per heavy atom. The van der Waals surface area contributed by atoms with Crippen LogP contribution >= 0.6 is 0 Å². The van der Waals surface area contributed by atoms with Gasteiger partial charge in [-0.15, -0.1) is 0 Å². The van der Waals surface area contributed by atoms with E-state index < -0.39 is 5.97 Å². The monoisotopic (exact) mass is 255 g/mol. The lowest BCUT2D eigenvalue weighted by Crippen LogP contribution is -2.42. The van der Waals surface area contributed by atoms with Crippen LogP contribution in [-0.4, -0.2) is 34.5 Å². The van der Waals surface area contributed by atoms with E-state index in [2.05, 4.69) is 13.8 Å². The Labute approximate surface area is 109 Å². The quantitative estimate of drug-likeness (QED) is 0.820. The second kappa shape index (κ2) is 6.21. The third-order valence-electron chi connectivity index (χ3n) is 3.60. The highest BCUT2D eigenvalue weighted by Crippen LogP contribution is 2.32. The van der Waals surface area contributed by atoms with Crippen LogP contribution in [0.5, 0.6) is 0 Å². The molecule has 0 aromatic rings. The molecule has 2 atom stereocenters. The van der Waals surface area contributed by atoms with Crippen molar-refractivity contribution in [2.45, 2.75) is 53.0 Å². The third kappa shape index (κ3) is 3.72. The molecule has 1 aliphatic carbocycles. The molecule has 0 aliphatic heterocycles. The van der Waals surface area contributed by atoms with Crippen molar-refractivity contribution in [1.29, 1.82) is 0 Å². The molecule has 18 heavy (non-hydrogen) atoms. The molecular weight excluding hydrogens is 230 g/mol. The molecule has 1 N–H and O–H groups in total. The number of rotatable bonds is 5. The average Bonchev–Trinajstić information content (AvgIpc) is 2.73. The summed E-state index contributed by atoms with van der Waals surface area (Å²) in [6.45, 7) is 8.98. The van der Waals surface area contributed by atoms with Gasteiger partial charge < -0.3 is 10.0 Å². The molecule has 1 fully saturated rings. The maximum atomic E-state index is 12.4. The minimum atomic E-state index is -0.759. The number of aliphatic carboxylic acids is 1. The Kier molecular flexibility index (Phi) is 5.17. The van der Waals surface area contributed by atoms with E-state index in [1.165, 1.54) is 0 Å². The molecule has 1 amide bonds. The minimum absolute atomic E-state index is 0.0905. The van der Waals surface area contributed by atoms with E-state index in [4.69, 9.17) is 5.11 Å². The maximum Gasteiger partial charge on any atom is 0.306 e. The standard InChI is InChI=1S/C14H25NO3/c1-9(2)8-15(10(3)4)13(16)11-5-6-12(7-11)14(17)18/h9-12H,5-8H2,1-4H3,(H,17,18). The Morgan fingerprint density at radius 3 is 2.11 bits per heavy atom. The van der Waals surface area contributed by atoms with E-state index >= 15 is 0 Å². The molecule has 0 spiro atoms. The van der Waals surface area contributed by atoms with Crippen molar-refractivity contribution in [3.05, 3.63) is 0 Å². The van der Waals surface area contributed by atoms with E-state index in [1.807, 2.05) is 18.7 Å². The first-order valence-electron chi connectivity index (χ1n) is 6.86. The van der Waals surface area contributed by atoms with E-state index in [0.29, 0.717) is 18.8 Å². The van der Waals surface area contributed by atoms with Gasteiger partial charge in [0.1, 0.15) is 0 Å². The lowest BCUT2D eigenvalue weighted by Gasteiger charge is -2.31. The summed E-state index contributed by atoms with van der Waals surface area (Å²) in [4.78, 5) is 25.3. The second-order valence-corrected chi connectivity index (χ2v) is 6.02. The number of carboxylic acids is 1. The number of hydrogen-bond acceptors (Lipinski definition) is 2. The molecule has 0 aromatic carbocycles. The van der Waals surface area contributed by atoms with Crippen molar-refractivity contribution in [2.75, 3.05) is 6.54 Å². The largest absolute Gasteiger partial charge is 0.481 e. The fourth-order valence-corrected chi connectivity index (χ4v) is 2.61. The molecule has 2 unspecified atom stereocenters. The first-order chi connectivity index (χ1) is 8.32. The first-order valence-corrected chi connectivity index (χ1v) is 6.86. The normalized spacial score (nSPS) is 23.7. The number of carbonyl (C=O) groups is 2. The summed E-state index contributed by atoms with van der Waals surface area (Å²) in [5, 5.41) is 8.98. The molecule has 1 rings (SSSR count). The van der Waals surface area contributed by atoms with Crippen molar-refractivity contribution in [2.24, 2.45) is 17.8 Å². The van der Waals surface area contributed by atoms with Gasteiger partial charge in [-0.2, -0.15) is 0 Å². The van der Waals surface area contributed by atoms with Gasteiger partial charge in [0.2, 0.25) is 5.91 Å². The van der Waals surface area contributed by atoms with Crippen LogP contribution in [0.4, 0.5) is 0 Å². The summed E-state index contributed by atoms with van der Waals surface area (Å²) < 4.78 is 0. The molecular formula is C14H25NO3. The number of hydrogen-bond donors (Lipinski definition) is 1. The van der Waals surface area contributed by atoms with Crippen molar-refractivity contribution < 1.29 is 14.7 Å². The van der Waals surface area contributed by atoms with Crippen LogP contribution in [0.2, 0.25) is 0 Å². The predicted molar refractivity (Wildman–Crippen MR) is 70.2 cm³/mol.